The molecule has 6 rings (SSSR count). The third kappa shape index (κ3) is 1.91. The normalized spacial score (nSPS) is 34.1. The van der Waals surface area contributed by atoms with Crippen LogP contribution in [0.15, 0.2) is 24.3 Å². The summed E-state index contributed by atoms with van der Waals surface area (Å²) >= 11 is 1.17. The molecule has 1 spiro atoms. The Morgan fingerprint density at radius 1 is 1.23 bits per heavy atom. The Labute approximate surface area is 132 Å². The lowest BCUT2D eigenvalue weighted by Gasteiger charge is -2.47. The number of thiophene rings is 1. The Hall–Kier alpha value is -1.21. The fourth-order valence-electron chi connectivity index (χ4n) is 4.30. The van der Waals surface area contributed by atoms with Crippen molar-refractivity contribution < 1.29 is 9.23 Å². The van der Waals surface area contributed by atoms with E-state index < -0.39 is 0 Å². The number of halogens is 1. The number of nitrogens with zero attached hydrogens (tertiary/aromatic N) is 1. The van der Waals surface area contributed by atoms with Crippen LogP contribution in [-0.2, 0) is 4.84 Å². The van der Waals surface area contributed by atoms with E-state index in [2.05, 4.69) is 11.0 Å². The number of hydrogen-bond donors (Lipinski definition) is 2. The van der Waals surface area contributed by atoms with Gasteiger partial charge in [0.2, 0.25) is 0 Å². The van der Waals surface area contributed by atoms with Crippen LogP contribution in [0.1, 0.15) is 32.1 Å². The lowest BCUT2D eigenvalue weighted by atomic mass is 9.66. The molecule has 1 aliphatic heterocycles. The molecule has 3 saturated carbocycles. The van der Waals surface area contributed by atoms with Gasteiger partial charge in [0, 0.05) is 10.6 Å². The number of nitrogens with one attached hydrogen (secondary N) is 2. The summed E-state index contributed by atoms with van der Waals surface area (Å²) in [6, 6.07) is 7.50. The largest absolute Gasteiger partial charge is 0.257 e. The zero-order chi connectivity index (χ0) is 14.7. The summed E-state index contributed by atoms with van der Waals surface area (Å²) in [5.41, 5.74) is 7.24. The molecule has 1 saturated heterocycles. The lowest BCUT2D eigenvalue weighted by Crippen LogP contribution is -2.57. The fourth-order valence-corrected chi connectivity index (χ4v) is 5.12. The zero-order valence-corrected chi connectivity index (χ0v) is 13.0. The molecular formula is C16H18FN3OS. The maximum absolute atomic E-state index is 13.4. The molecule has 2 heterocycles. The molecule has 2 aromatic rings. The van der Waals surface area contributed by atoms with E-state index in [9.17, 15) is 4.39 Å². The van der Waals surface area contributed by atoms with Crippen molar-refractivity contribution in [2.75, 3.05) is 5.12 Å². The Balaban J connectivity index is 1.44. The summed E-state index contributed by atoms with van der Waals surface area (Å²) in [4.78, 5) is 5.99. The van der Waals surface area contributed by atoms with E-state index in [1.165, 1.54) is 37.0 Å². The first-order valence-electron chi connectivity index (χ1n) is 7.93. The molecule has 3 aliphatic carbocycles. The number of hydrogen-bond acceptors (Lipinski definition) is 5. The van der Waals surface area contributed by atoms with Crippen LogP contribution in [0.5, 0.6) is 0 Å². The van der Waals surface area contributed by atoms with Gasteiger partial charge in [-0.1, -0.05) is 11.7 Å². The standard InChI is InChI=1S/C16H18FN3OS/c17-15-7-11-3-6-13(8-14(11)22-15)20-18-16(21-19-20)9-10-1-4-12(16)5-2-10/h3,6-8,10,12,18-19H,1-2,4-5,9H2/t10?,12?,16-/m1/s1. The molecule has 2 N–H and O–H groups in total. The Morgan fingerprint density at radius 3 is 2.86 bits per heavy atom. The van der Waals surface area contributed by atoms with Crippen molar-refractivity contribution in [3.63, 3.8) is 0 Å². The molecule has 1 aromatic heterocycles. The van der Waals surface area contributed by atoms with E-state index in [-0.39, 0.29) is 10.9 Å². The van der Waals surface area contributed by atoms with Gasteiger partial charge < -0.3 is 0 Å². The number of hydrazine groups is 2. The number of rotatable bonds is 1. The molecular weight excluding hydrogens is 301 g/mol. The van der Waals surface area contributed by atoms with Gasteiger partial charge in [-0.25, -0.2) is 5.12 Å². The molecule has 0 radical (unpaired) electrons. The van der Waals surface area contributed by atoms with Crippen molar-refractivity contribution in [1.82, 2.24) is 11.0 Å². The van der Waals surface area contributed by atoms with Gasteiger partial charge in [-0.15, -0.1) is 11.3 Å². The van der Waals surface area contributed by atoms with Crippen LogP contribution in [0.4, 0.5) is 10.1 Å². The highest BCUT2D eigenvalue weighted by atomic mass is 32.1. The fraction of sp³-hybridized carbons (Fsp3) is 0.500. The minimum absolute atomic E-state index is 0.146. The molecule has 0 unspecified atom stereocenters. The van der Waals surface area contributed by atoms with Crippen LogP contribution in [0.2, 0.25) is 0 Å². The van der Waals surface area contributed by atoms with Crippen molar-refractivity contribution in [3.8, 4) is 0 Å². The minimum atomic E-state index is -0.267. The maximum atomic E-state index is 13.4. The molecule has 4 aliphatic rings. The van der Waals surface area contributed by atoms with E-state index in [4.69, 9.17) is 4.84 Å². The summed E-state index contributed by atoms with van der Waals surface area (Å²) < 4.78 is 14.3. The van der Waals surface area contributed by atoms with Crippen molar-refractivity contribution in [2.24, 2.45) is 11.8 Å². The Kier molecular flexibility index (Phi) is 2.80. The predicted molar refractivity (Wildman–Crippen MR) is 84.4 cm³/mol. The van der Waals surface area contributed by atoms with E-state index in [1.54, 1.807) is 6.07 Å². The number of anilines is 1. The smallest absolute Gasteiger partial charge is 0.177 e. The molecule has 6 heteroatoms. The third-order valence-corrected chi connectivity index (χ3v) is 6.34. The molecule has 4 nitrogen and oxygen atoms in total. The van der Waals surface area contributed by atoms with Gasteiger partial charge in [0.1, 0.15) is 0 Å². The Morgan fingerprint density at radius 2 is 2.09 bits per heavy atom. The van der Waals surface area contributed by atoms with Crippen LogP contribution in [-0.4, -0.2) is 5.72 Å². The van der Waals surface area contributed by atoms with Crippen molar-refractivity contribution in [2.45, 2.75) is 37.8 Å². The second-order valence-corrected chi connectivity index (χ2v) is 7.76. The topological polar surface area (TPSA) is 36.5 Å². The average molecular weight is 319 g/mol. The van der Waals surface area contributed by atoms with Gasteiger partial charge in [0.15, 0.2) is 10.9 Å². The maximum Gasteiger partial charge on any atom is 0.177 e. The molecule has 4 fully saturated rings. The van der Waals surface area contributed by atoms with Crippen molar-refractivity contribution in [3.05, 3.63) is 29.4 Å². The van der Waals surface area contributed by atoms with Gasteiger partial charge >= 0.3 is 0 Å². The van der Waals surface area contributed by atoms with E-state index in [0.29, 0.717) is 5.92 Å². The first-order valence-corrected chi connectivity index (χ1v) is 8.74. The second-order valence-electron chi connectivity index (χ2n) is 6.72. The summed E-state index contributed by atoms with van der Waals surface area (Å²) in [6.07, 6.45) is 6.21. The van der Waals surface area contributed by atoms with Crippen LogP contribution < -0.4 is 16.1 Å². The van der Waals surface area contributed by atoms with E-state index >= 15 is 0 Å². The second kappa shape index (κ2) is 4.64. The van der Waals surface area contributed by atoms with E-state index in [1.807, 2.05) is 23.3 Å². The zero-order valence-electron chi connectivity index (χ0n) is 12.1. The number of fused-ring (bicyclic) bond motifs is 3. The monoisotopic (exact) mass is 319 g/mol. The van der Waals surface area contributed by atoms with Crippen molar-refractivity contribution in [1.29, 1.82) is 0 Å². The number of benzene rings is 1. The molecule has 2 bridgehead atoms. The van der Waals surface area contributed by atoms with Gasteiger partial charge in [-0.3, -0.25) is 4.84 Å². The molecule has 22 heavy (non-hydrogen) atoms. The van der Waals surface area contributed by atoms with Gasteiger partial charge in [0.05, 0.1) is 5.69 Å². The van der Waals surface area contributed by atoms with Gasteiger partial charge in [0.25, 0.3) is 0 Å². The Bertz CT molecular complexity index is 727. The predicted octanol–water partition coefficient (Wildman–Crippen LogP) is 3.71. The van der Waals surface area contributed by atoms with Gasteiger partial charge in [-0.2, -0.15) is 9.82 Å². The molecule has 1 aromatic carbocycles. The summed E-state index contributed by atoms with van der Waals surface area (Å²) in [6.45, 7) is 0. The quantitative estimate of drug-likeness (QED) is 0.840. The van der Waals surface area contributed by atoms with Crippen LogP contribution >= 0.6 is 11.3 Å². The summed E-state index contributed by atoms with van der Waals surface area (Å²) in [5, 5.41) is 2.64. The first-order chi connectivity index (χ1) is 10.7. The highest BCUT2D eigenvalue weighted by molar-refractivity contribution is 7.17. The van der Waals surface area contributed by atoms with Gasteiger partial charge in [-0.05, 0) is 61.6 Å². The SMILES string of the molecule is Fc1cc2ccc(N3NO[C@@]4(CC5CCC4CC5)N3)cc2s1. The van der Waals surface area contributed by atoms with Crippen LogP contribution in [0.3, 0.4) is 0 Å². The van der Waals surface area contributed by atoms with Crippen molar-refractivity contribution >= 4 is 27.1 Å². The summed E-state index contributed by atoms with van der Waals surface area (Å²) in [5.74, 6) is 1.34. The lowest BCUT2D eigenvalue weighted by molar-refractivity contribution is -0.153. The first kappa shape index (κ1) is 13.2. The minimum Gasteiger partial charge on any atom is -0.257 e. The van der Waals surface area contributed by atoms with Crippen LogP contribution in [0.25, 0.3) is 10.1 Å². The molecule has 1 atom stereocenters. The highest BCUT2D eigenvalue weighted by Gasteiger charge is 2.53. The average Bonchev–Trinajstić information content (AvgIpc) is 3.10. The van der Waals surface area contributed by atoms with E-state index in [0.717, 1.165) is 28.1 Å². The molecule has 0 amide bonds. The highest BCUT2D eigenvalue weighted by Crippen LogP contribution is 2.49. The third-order valence-electron chi connectivity index (χ3n) is 5.45. The summed E-state index contributed by atoms with van der Waals surface area (Å²) in [7, 11) is 0. The van der Waals surface area contributed by atoms with Crippen LogP contribution in [0, 0.1) is 17.0 Å². The molecule has 116 valence electrons.